The average Bonchev–Trinajstić information content (AvgIpc) is 3.57. The molecule has 3 heterocycles. The van der Waals surface area contributed by atoms with Crippen LogP contribution in [0.5, 0.6) is 5.75 Å². The van der Waals surface area contributed by atoms with E-state index in [-0.39, 0.29) is 17.4 Å². The largest absolute Gasteiger partial charge is 0.507 e. The number of hydrogen-bond donors (Lipinski definition) is 1. The highest BCUT2D eigenvalue weighted by Gasteiger charge is 2.45. The van der Waals surface area contributed by atoms with Crippen LogP contribution in [0, 0.1) is 0 Å². The fourth-order valence-corrected chi connectivity index (χ4v) is 4.96. The van der Waals surface area contributed by atoms with E-state index < -0.39 is 17.7 Å². The highest BCUT2D eigenvalue weighted by molar-refractivity contribution is 6.46. The first-order valence-corrected chi connectivity index (χ1v) is 12.1. The molecule has 5 rings (SSSR count). The molecule has 1 N–H and O–H groups in total. The van der Waals surface area contributed by atoms with Crippen molar-refractivity contribution in [2.24, 2.45) is 0 Å². The summed E-state index contributed by atoms with van der Waals surface area (Å²) in [5.41, 5.74) is 3.61. The van der Waals surface area contributed by atoms with E-state index in [0.29, 0.717) is 25.1 Å². The summed E-state index contributed by atoms with van der Waals surface area (Å²) in [6.45, 7) is 5.13. The van der Waals surface area contributed by atoms with Crippen LogP contribution in [-0.2, 0) is 29.0 Å². The van der Waals surface area contributed by atoms with Gasteiger partial charge in [0.05, 0.1) is 17.9 Å². The smallest absolute Gasteiger partial charge is 0.295 e. The van der Waals surface area contributed by atoms with E-state index in [1.807, 2.05) is 54.1 Å². The van der Waals surface area contributed by atoms with E-state index in [1.165, 1.54) is 5.56 Å². The fourth-order valence-electron chi connectivity index (χ4n) is 4.96. The number of benzene rings is 2. The molecule has 1 aromatic heterocycles. The number of imidazole rings is 1. The number of nitrogens with zero attached hydrogens (tertiary/aromatic N) is 3. The first-order valence-electron chi connectivity index (χ1n) is 12.1. The van der Waals surface area contributed by atoms with Crippen molar-refractivity contribution >= 4 is 17.4 Å². The van der Waals surface area contributed by atoms with E-state index in [2.05, 4.69) is 11.9 Å². The second-order valence-corrected chi connectivity index (χ2v) is 9.20. The SMILES string of the molecule is CCc1ccc([C@H]2/C(=C(\O)c3ccc4c(c3)C[C@@H](C)O4)C(=O)C(=O)N2CCCn2ccnc2)cc1. The lowest BCUT2D eigenvalue weighted by Gasteiger charge is -2.25. The van der Waals surface area contributed by atoms with Gasteiger partial charge in [0.1, 0.15) is 17.6 Å². The third kappa shape index (κ3) is 4.34. The molecule has 1 amide bonds. The molecular weight excluding hydrogens is 442 g/mol. The number of fused-ring (bicyclic) bond motifs is 1. The topological polar surface area (TPSA) is 84.7 Å². The molecule has 3 aromatic rings. The van der Waals surface area contributed by atoms with E-state index in [4.69, 9.17) is 4.74 Å². The van der Waals surface area contributed by atoms with Crippen LogP contribution in [0.2, 0.25) is 0 Å². The molecule has 0 saturated carbocycles. The van der Waals surface area contributed by atoms with Crippen molar-refractivity contribution in [1.29, 1.82) is 0 Å². The number of hydrogen-bond acceptors (Lipinski definition) is 5. The summed E-state index contributed by atoms with van der Waals surface area (Å²) in [7, 11) is 0. The number of ether oxygens (including phenoxy) is 1. The average molecular weight is 472 g/mol. The number of carbonyl (C=O) groups is 2. The molecule has 7 nitrogen and oxygen atoms in total. The number of rotatable bonds is 7. The van der Waals surface area contributed by atoms with Crippen molar-refractivity contribution in [1.82, 2.24) is 14.5 Å². The number of carbonyl (C=O) groups excluding carboxylic acids is 2. The summed E-state index contributed by atoms with van der Waals surface area (Å²) in [5, 5.41) is 11.4. The lowest BCUT2D eigenvalue weighted by molar-refractivity contribution is -0.139. The molecule has 0 spiro atoms. The second kappa shape index (κ2) is 9.41. The molecule has 35 heavy (non-hydrogen) atoms. The van der Waals surface area contributed by atoms with Crippen LogP contribution in [-0.4, -0.2) is 43.9 Å². The van der Waals surface area contributed by atoms with Gasteiger partial charge >= 0.3 is 0 Å². The van der Waals surface area contributed by atoms with Gasteiger partial charge in [-0.25, -0.2) is 4.98 Å². The van der Waals surface area contributed by atoms with Gasteiger partial charge in [-0.1, -0.05) is 31.2 Å². The lowest BCUT2D eigenvalue weighted by Crippen LogP contribution is -2.31. The number of aryl methyl sites for hydroxylation is 2. The monoisotopic (exact) mass is 471 g/mol. The van der Waals surface area contributed by atoms with Crippen LogP contribution >= 0.6 is 0 Å². The Morgan fingerprint density at radius 3 is 2.66 bits per heavy atom. The molecule has 1 fully saturated rings. The number of amides is 1. The summed E-state index contributed by atoms with van der Waals surface area (Å²) < 4.78 is 7.72. The molecule has 1 saturated heterocycles. The number of Topliss-reactive ketones (excluding diaryl/α,β-unsaturated/α-hetero) is 1. The Morgan fingerprint density at radius 1 is 1.14 bits per heavy atom. The minimum absolute atomic E-state index is 0.0700. The highest BCUT2D eigenvalue weighted by atomic mass is 16.5. The van der Waals surface area contributed by atoms with Crippen LogP contribution in [0.4, 0.5) is 0 Å². The van der Waals surface area contributed by atoms with Crippen molar-refractivity contribution in [3.8, 4) is 5.75 Å². The maximum absolute atomic E-state index is 13.3. The van der Waals surface area contributed by atoms with E-state index >= 15 is 0 Å². The molecule has 2 aliphatic heterocycles. The Morgan fingerprint density at radius 2 is 1.94 bits per heavy atom. The highest BCUT2D eigenvalue weighted by Crippen LogP contribution is 2.40. The number of aliphatic hydroxyl groups excluding tert-OH is 1. The van der Waals surface area contributed by atoms with E-state index in [1.54, 1.807) is 23.5 Å². The van der Waals surface area contributed by atoms with Crippen LogP contribution in [0.3, 0.4) is 0 Å². The number of aliphatic hydroxyl groups is 1. The van der Waals surface area contributed by atoms with E-state index in [0.717, 1.165) is 29.7 Å². The third-order valence-electron chi connectivity index (χ3n) is 6.79. The van der Waals surface area contributed by atoms with Crippen LogP contribution in [0.1, 0.15) is 48.6 Å². The molecule has 2 atom stereocenters. The third-order valence-corrected chi connectivity index (χ3v) is 6.79. The first kappa shape index (κ1) is 22.9. The van der Waals surface area contributed by atoms with Crippen LogP contribution < -0.4 is 4.74 Å². The first-order chi connectivity index (χ1) is 17.0. The normalized spacial score (nSPS) is 20.8. The van der Waals surface area contributed by atoms with Gasteiger partial charge in [0, 0.05) is 37.5 Å². The minimum atomic E-state index is -0.653. The molecular formula is C28H29N3O4. The minimum Gasteiger partial charge on any atom is -0.507 e. The van der Waals surface area contributed by atoms with E-state index in [9.17, 15) is 14.7 Å². The van der Waals surface area contributed by atoms with Gasteiger partial charge in [0.25, 0.3) is 11.7 Å². The summed E-state index contributed by atoms with van der Waals surface area (Å²) in [6.07, 6.45) is 7.66. The molecule has 0 unspecified atom stereocenters. The zero-order chi connectivity index (χ0) is 24.5. The zero-order valence-corrected chi connectivity index (χ0v) is 20.0. The van der Waals surface area contributed by atoms with Crippen LogP contribution in [0.15, 0.2) is 66.8 Å². The molecule has 0 bridgehead atoms. The van der Waals surface area contributed by atoms with Crippen LogP contribution in [0.25, 0.3) is 5.76 Å². The molecule has 7 heteroatoms. The number of aromatic nitrogens is 2. The van der Waals surface area contributed by atoms with Crippen molar-refractivity contribution in [2.45, 2.75) is 51.8 Å². The molecule has 0 radical (unpaired) electrons. The predicted molar refractivity (Wildman–Crippen MR) is 132 cm³/mol. The number of ketones is 1. The fraction of sp³-hybridized carbons (Fsp3) is 0.321. The molecule has 2 aromatic carbocycles. The Kier molecular flexibility index (Phi) is 6.16. The van der Waals surface area contributed by atoms with Gasteiger partial charge in [-0.15, -0.1) is 0 Å². The number of likely N-dealkylation sites (tertiary alicyclic amines) is 1. The zero-order valence-electron chi connectivity index (χ0n) is 20.0. The predicted octanol–water partition coefficient (Wildman–Crippen LogP) is 4.28. The summed E-state index contributed by atoms with van der Waals surface area (Å²) in [5.74, 6) is -0.590. The summed E-state index contributed by atoms with van der Waals surface area (Å²) in [4.78, 5) is 32.1. The van der Waals surface area contributed by atoms with Gasteiger partial charge in [-0.3, -0.25) is 9.59 Å². The van der Waals surface area contributed by atoms with Crippen molar-refractivity contribution < 1.29 is 19.4 Å². The van der Waals surface area contributed by atoms with Gasteiger partial charge in [-0.05, 0) is 54.7 Å². The summed E-state index contributed by atoms with van der Waals surface area (Å²) in [6, 6.07) is 12.7. The maximum Gasteiger partial charge on any atom is 0.295 e. The lowest BCUT2D eigenvalue weighted by atomic mass is 9.93. The van der Waals surface area contributed by atoms with Gasteiger partial charge in [0.2, 0.25) is 0 Å². The summed E-state index contributed by atoms with van der Waals surface area (Å²) >= 11 is 0. The van der Waals surface area contributed by atoms with Gasteiger partial charge < -0.3 is 19.3 Å². The molecule has 2 aliphatic rings. The molecule has 0 aliphatic carbocycles. The quantitative estimate of drug-likeness (QED) is 0.316. The van der Waals surface area contributed by atoms with Gasteiger partial charge in [-0.2, -0.15) is 0 Å². The maximum atomic E-state index is 13.3. The van der Waals surface area contributed by atoms with Crippen molar-refractivity contribution in [3.63, 3.8) is 0 Å². The Bertz CT molecular complexity index is 1280. The van der Waals surface area contributed by atoms with Crippen molar-refractivity contribution in [3.05, 3.63) is 89.0 Å². The second-order valence-electron chi connectivity index (χ2n) is 9.20. The molecule has 180 valence electrons. The Hall–Kier alpha value is -3.87. The van der Waals surface area contributed by atoms with Gasteiger partial charge in [0.15, 0.2) is 0 Å². The Labute approximate surface area is 204 Å². The van der Waals surface area contributed by atoms with Crippen molar-refractivity contribution in [2.75, 3.05) is 6.54 Å². The Balaban J connectivity index is 1.53. The standard InChI is InChI=1S/C28H29N3O4/c1-3-19-5-7-20(8-6-19)25-24(26(32)21-9-10-23-22(16-21)15-18(2)35-23)27(33)28(34)31(25)13-4-12-30-14-11-29-17-30/h5-11,14,16-18,25,32H,3-4,12-13,15H2,1-2H3/b26-24+/t18-,25+/m1/s1.